The Bertz CT molecular complexity index is 1830. The SMILES string of the molecule is Cc1cc2c(-c3ccccc3)cccc2[cH-]1.Cc1cc2c(-c3ccccc3)cccc2[cH-]1.O=C([O-])C1CCN2CCCN=C2N1.[Cl-].[Cl-].[In+3].[Zr+4]. The van der Waals surface area contributed by atoms with Crippen molar-refractivity contribution in [1.82, 2.24) is 10.2 Å². The van der Waals surface area contributed by atoms with Crippen molar-refractivity contribution in [1.29, 1.82) is 0 Å². The number of hydrogen-bond donors (Lipinski definition) is 1. The van der Waals surface area contributed by atoms with E-state index in [1.165, 1.54) is 54.9 Å². The van der Waals surface area contributed by atoms with Gasteiger partial charge in [0.25, 0.3) is 0 Å². The summed E-state index contributed by atoms with van der Waals surface area (Å²) in [6.45, 7) is 6.83. The van der Waals surface area contributed by atoms with Crippen LogP contribution in [0.3, 0.4) is 0 Å². The summed E-state index contributed by atoms with van der Waals surface area (Å²) in [6.07, 6.45) is 1.66. The minimum absolute atomic E-state index is 0. The monoisotopic (exact) mass is 867 g/mol. The van der Waals surface area contributed by atoms with Gasteiger partial charge in [0.05, 0.1) is 12.0 Å². The molecule has 1 N–H and O–H groups in total. The summed E-state index contributed by atoms with van der Waals surface area (Å²) >= 11 is 0. The Hall–Kier alpha value is -2.83. The fourth-order valence-electron chi connectivity index (χ4n) is 6.20. The maximum atomic E-state index is 10.6. The summed E-state index contributed by atoms with van der Waals surface area (Å²) in [7, 11) is 0. The molecular weight excluding hydrogens is 831 g/mol. The standard InChI is InChI=1S/2C16H13.C8H13N3O2.2ClH.In.Zr/c2*1-12-10-14-8-5-9-15(16(14)11-12)13-6-3-2-4-7-13;12-7(13)6-2-5-11-4-1-3-9-8(11)10-6;;;;/h2*2-11H,1H3;6H,1-5H2,(H,9,10)(H,12,13);2*1H;;/q2*-1;;;;+3;+4/p-3. The van der Waals surface area contributed by atoms with E-state index in [-0.39, 0.29) is 76.9 Å². The number of carbonyl (C=O) groups excluding carboxylic acids is 1. The van der Waals surface area contributed by atoms with E-state index in [1.54, 1.807) is 0 Å². The molecule has 9 heteroatoms. The topological polar surface area (TPSA) is 67.8 Å². The van der Waals surface area contributed by atoms with Crippen molar-refractivity contribution >= 4 is 59.3 Å². The van der Waals surface area contributed by atoms with Crippen LogP contribution in [0.4, 0.5) is 0 Å². The molecule has 2 aliphatic rings. The predicted octanol–water partition coefficient (Wildman–Crippen LogP) is 0.853. The molecule has 0 saturated carbocycles. The fraction of sp³-hybridized carbons (Fsp3) is 0.200. The van der Waals surface area contributed by atoms with E-state index in [1.807, 2.05) is 0 Å². The van der Waals surface area contributed by atoms with Crippen molar-refractivity contribution in [3.05, 3.63) is 132 Å². The first-order valence-electron chi connectivity index (χ1n) is 15.7. The van der Waals surface area contributed by atoms with Crippen LogP contribution in [0.25, 0.3) is 43.8 Å². The molecule has 0 amide bonds. The summed E-state index contributed by atoms with van der Waals surface area (Å²) in [6, 6.07) is 42.5. The third kappa shape index (κ3) is 10.6. The van der Waals surface area contributed by atoms with Crippen LogP contribution in [-0.2, 0) is 31.0 Å². The first-order chi connectivity index (χ1) is 22.0. The van der Waals surface area contributed by atoms with Crippen molar-refractivity contribution in [3.63, 3.8) is 0 Å². The van der Waals surface area contributed by atoms with E-state index in [0.717, 1.165) is 32.0 Å². The second kappa shape index (κ2) is 20.1. The number of nitrogens with zero attached hydrogens (tertiary/aromatic N) is 2. The molecule has 6 aromatic carbocycles. The van der Waals surface area contributed by atoms with Crippen LogP contribution < -0.4 is 35.2 Å². The molecule has 1 atom stereocenters. The van der Waals surface area contributed by atoms with E-state index in [0.29, 0.717) is 6.42 Å². The Morgan fingerprint density at radius 1 is 0.755 bits per heavy atom. The minimum atomic E-state index is -1.03. The zero-order valence-electron chi connectivity index (χ0n) is 27.7. The number of carbonyl (C=O) groups is 1. The van der Waals surface area contributed by atoms with Gasteiger partial charge in [-0.05, 0) is 24.0 Å². The van der Waals surface area contributed by atoms with Gasteiger partial charge in [0.2, 0.25) is 0 Å². The summed E-state index contributed by atoms with van der Waals surface area (Å²) in [5, 5.41) is 18.8. The third-order valence-corrected chi connectivity index (χ3v) is 8.38. The number of guanidine groups is 1. The van der Waals surface area contributed by atoms with E-state index < -0.39 is 12.0 Å². The van der Waals surface area contributed by atoms with Gasteiger partial charge >= 0.3 is 52.0 Å². The van der Waals surface area contributed by atoms with E-state index >= 15 is 0 Å². The summed E-state index contributed by atoms with van der Waals surface area (Å²) < 4.78 is 0. The van der Waals surface area contributed by atoms with Crippen LogP contribution in [0.5, 0.6) is 0 Å². The van der Waals surface area contributed by atoms with Crippen molar-refractivity contribution in [2.24, 2.45) is 4.99 Å². The van der Waals surface area contributed by atoms with Crippen molar-refractivity contribution in [2.75, 3.05) is 19.6 Å². The third-order valence-electron chi connectivity index (χ3n) is 8.38. The molecule has 0 aliphatic carbocycles. The molecule has 6 aromatic rings. The predicted molar refractivity (Wildman–Crippen MR) is 190 cm³/mol. The average Bonchev–Trinajstić information content (AvgIpc) is 3.66. The number of carboxylic acid groups (broad SMARTS) is 1. The van der Waals surface area contributed by atoms with Crippen molar-refractivity contribution < 1.29 is 60.9 Å². The average molecular weight is 870 g/mol. The molecule has 0 bridgehead atoms. The molecule has 0 aromatic heterocycles. The van der Waals surface area contributed by atoms with Crippen LogP contribution in [0.2, 0.25) is 0 Å². The Morgan fingerprint density at radius 2 is 1.24 bits per heavy atom. The molecule has 2 aliphatic heterocycles. The molecule has 1 fully saturated rings. The Morgan fingerprint density at radius 3 is 1.71 bits per heavy atom. The number of rotatable bonds is 3. The van der Waals surface area contributed by atoms with E-state index in [2.05, 4.69) is 150 Å². The molecule has 49 heavy (non-hydrogen) atoms. The van der Waals surface area contributed by atoms with Gasteiger partial charge in [-0.3, -0.25) is 4.99 Å². The quantitative estimate of drug-likeness (QED) is 0.269. The molecule has 244 valence electrons. The second-order valence-corrected chi connectivity index (χ2v) is 11.8. The number of fused-ring (bicyclic) bond motifs is 3. The van der Waals surface area contributed by atoms with Gasteiger partial charge < -0.3 is 44.9 Å². The fourth-order valence-corrected chi connectivity index (χ4v) is 6.20. The first-order valence-corrected chi connectivity index (χ1v) is 15.7. The number of halogens is 2. The molecule has 5 nitrogen and oxygen atoms in total. The molecular formula is C40H38Cl2InN3O2Zr+2. The summed E-state index contributed by atoms with van der Waals surface area (Å²) in [5.41, 5.74) is 7.89. The Labute approximate surface area is 339 Å². The smallest absolute Gasteiger partial charge is 1.00 e. The number of nitrogens with one attached hydrogen (secondary N) is 1. The van der Waals surface area contributed by atoms with Crippen molar-refractivity contribution in [3.8, 4) is 22.3 Å². The van der Waals surface area contributed by atoms with Crippen LogP contribution in [0.15, 0.2) is 126 Å². The van der Waals surface area contributed by atoms with Gasteiger partial charge in [-0.15, -0.1) is 69.1 Å². The number of benzene rings is 4. The Balaban J connectivity index is 0.000000247. The number of carboxylic acids is 1. The largest absolute Gasteiger partial charge is 4.00 e. The molecule has 1 unspecified atom stereocenters. The van der Waals surface area contributed by atoms with Gasteiger partial charge in [-0.2, -0.15) is 12.1 Å². The zero-order valence-corrected chi connectivity index (χ0v) is 35.0. The number of aryl methyl sites for hydroxylation is 2. The normalized spacial score (nSPS) is 14.3. The van der Waals surface area contributed by atoms with Crippen LogP contribution in [0, 0.1) is 13.8 Å². The van der Waals surface area contributed by atoms with Crippen LogP contribution in [-0.4, -0.2) is 68.3 Å². The zero-order chi connectivity index (χ0) is 31.2. The molecule has 8 rings (SSSR count). The maximum Gasteiger partial charge on any atom is 4.00 e. The maximum absolute atomic E-state index is 10.6. The van der Waals surface area contributed by atoms with E-state index in [4.69, 9.17) is 0 Å². The summed E-state index contributed by atoms with van der Waals surface area (Å²) in [5.74, 6) is -0.306. The molecule has 1 saturated heterocycles. The summed E-state index contributed by atoms with van der Waals surface area (Å²) in [4.78, 5) is 16.9. The molecule has 0 spiro atoms. The number of hydrogen-bond acceptors (Lipinski definition) is 5. The van der Waals surface area contributed by atoms with Crippen molar-refractivity contribution in [2.45, 2.75) is 32.7 Å². The minimum Gasteiger partial charge on any atom is -1.00 e. The van der Waals surface area contributed by atoms with Gasteiger partial charge in [0.1, 0.15) is 0 Å². The molecule has 0 radical (unpaired) electrons. The van der Waals surface area contributed by atoms with Crippen LogP contribution in [0.1, 0.15) is 24.0 Å². The number of aliphatic carboxylic acids is 1. The van der Waals surface area contributed by atoms with Gasteiger partial charge in [-0.1, -0.05) is 97.8 Å². The van der Waals surface area contributed by atoms with E-state index in [9.17, 15) is 9.90 Å². The second-order valence-electron chi connectivity index (χ2n) is 11.8. The Kier molecular flexibility index (Phi) is 17.4. The molecule has 2 heterocycles. The van der Waals surface area contributed by atoms with Gasteiger partial charge in [-0.25, -0.2) is 0 Å². The van der Waals surface area contributed by atoms with Gasteiger partial charge in [0.15, 0.2) is 5.96 Å². The number of aliphatic imine (C=N–C) groups is 1. The first kappa shape index (κ1) is 42.3. The van der Waals surface area contributed by atoms with Gasteiger partial charge in [0, 0.05) is 19.6 Å². The van der Waals surface area contributed by atoms with Crippen LogP contribution >= 0.6 is 0 Å².